The van der Waals surface area contributed by atoms with Crippen LogP contribution >= 0.6 is 15.9 Å². The molecule has 5 heteroatoms. The Morgan fingerprint density at radius 2 is 1.71 bits per heavy atom. The van der Waals surface area contributed by atoms with Gasteiger partial charge in [0.1, 0.15) is 5.82 Å². The van der Waals surface area contributed by atoms with Crippen LogP contribution in [0, 0.1) is 11.7 Å². The minimum Gasteiger partial charge on any atom is -0.326 e. The lowest BCUT2D eigenvalue weighted by molar-refractivity contribution is -0.121. The third-order valence-corrected chi connectivity index (χ3v) is 4.92. The SMILES string of the molecule is O=C(Nc1ccc(F)cc1)C1CCN(Cc2ccc(Br)cc2)CC1. The van der Waals surface area contributed by atoms with Gasteiger partial charge in [0, 0.05) is 22.6 Å². The van der Waals surface area contributed by atoms with Gasteiger partial charge < -0.3 is 5.32 Å². The van der Waals surface area contributed by atoms with Crippen molar-refractivity contribution in [1.82, 2.24) is 4.90 Å². The molecule has 1 fully saturated rings. The van der Waals surface area contributed by atoms with Gasteiger partial charge in [-0.2, -0.15) is 0 Å². The summed E-state index contributed by atoms with van der Waals surface area (Å²) in [6.45, 7) is 2.74. The van der Waals surface area contributed by atoms with Gasteiger partial charge in [0.25, 0.3) is 0 Å². The fourth-order valence-corrected chi connectivity index (χ4v) is 3.24. The number of halogens is 2. The maximum atomic E-state index is 12.9. The molecule has 1 N–H and O–H groups in total. The number of hydrogen-bond acceptors (Lipinski definition) is 2. The number of anilines is 1. The summed E-state index contributed by atoms with van der Waals surface area (Å²) in [7, 11) is 0. The number of nitrogens with one attached hydrogen (secondary N) is 1. The summed E-state index contributed by atoms with van der Waals surface area (Å²) in [5.41, 5.74) is 1.94. The van der Waals surface area contributed by atoms with Crippen LogP contribution in [-0.4, -0.2) is 23.9 Å². The van der Waals surface area contributed by atoms with Crippen molar-refractivity contribution in [3.8, 4) is 0 Å². The third-order valence-electron chi connectivity index (χ3n) is 4.39. The molecule has 0 atom stereocenters. The van der Waals surface area contributed by atoms with Crippen molar-refractivity contribution in [2.75, 3.05) is 18.4 Å². The fraction of sp³-hybridized carbons (Fsp3) is 0.316. The molecule has 0 radical (unpaired) electrons. The molecule has 0 spiro atoms. The third kappa shape index (κ3) is 4.65. The molecule has 24 heavy (non-hydrogen) atoms. The van der Waals surface area contributed by atoms with E-state index in [1.54, 1.807) is 12.1 Å². The van der Waals surface area contributed by atoms with Gasteiger partial charge in [-0.1, -0.05) is 28.1 Å². The van der Waals surface area contributed by atoms with E-state index < -0.39 is 0 Å². The van der Waals surface area contributed by atoms with E-state index in [9.17, 15) is 9.18 Å². The number of nitrogens with zero attached hydrogens (tertiary/aromatic N) is 1. The Morgan fingerprint density at radius 1 is 1.08 bits per heavy atom. The van der Waals surface area contributed by atoms with Gasteiger partial charge >= 0.3 is 0 Å². The van der Waals surface area contributed by atoms with Crippen LogP contribution in [0.25, 0.3) is 0 Å². The summed E-state index contributed by atoms with van der Waals surface area (Å²) in [6.07, 6.45) is 1.70. The molecule has 0 bridgehead atoms. The molecule has 1 aliphatic heterocycles. The van der Waals surface area contributed by atoms with Gasteiger partial charge in [-0.25, -0.2) is 4.39 Å². The van der Waals surface area contributed by atoms with E-state index in [1.165, 1.54) is 17.7 Å². The smallest absolute Gasteiger partial charge is 0.227 e. The average molecular weight is 391 g/mol. The highest BCUT2D eigenvalue weighted by Gasteiger charge is 2.25. The topological polar surface area (TPSA) is 32.3 Å². The van der Waals surface area contributed by atoms with Gasteiger partial charge in [-0.3, -0.25) is 9.69 Å². The second kappa shape index (κ2) is 7.90. The van der Waals surface area contributed by atoms with Crippen LogP contribution in [0.3, 0.4) is 0 Å². The van der Waals surface area contributed by atoms with Crippen molar-refractivity contribution < 1.29 is 9.18 Å². The van der Waals surface area contributed by atoms with Gasteiger partial charge in [0.2, 0.25) is 5.91 Å². The highest BCUT2D eigenvalue weighted by molar-refractivity contribution is 9.10. The zero-order chi connectivity index (χ0) is 16.9. The van der Waals surface area contributed by atoms with E-state index in [0.29, 0.717) is 5.69 Å². The maximum Gasteiger partial charge on any atom is 0.227 e. The fourth-order valence-electron chi connectivity index (χ4n) is 2.98. The summed E-state index contributed by atoms with van der Waals surface area (Å²) in [5, 5.41) is 2.88. The Morgan fingerprint density at radius 3 is 2.33 bits per heavy atom. The van der Waals surface area contributed by atoms with E-state index in [4.69, 9.17) is 0 Å². The van der Waals surface area contributed by atoms with Crippen LogP contribution in [0.1, 0.15) is 18.4 Å². The van der Waals surface area contributed by atoms with Crippen LogP contribution in [0.2, 0.25) is 0 Å². The predicted molar refractivity (Wildman–Crippen MR) is 97.2 cm³/mol. The Hall–Kier alpha value is -1.72. The first-order valence-electron chi connectivity index (χ1n) is 8.13. The Labute approximate surface area is 150 Å². The largest absolute Gasteiger partial charge is 0.326 e. The second-order valence-electron chi connectivity index (χ2n) is 6.17. The van der Waals surface area contributed by atoms with Crippen molar-refractivity contribution in [3.05, 3.63) is 64.4 Å². The molecule has 126 valence electrons. The first-order chi connectivity index (χ1) is 11.6. The zero-order valence-corrected chi connectivity index (χ0v) is 14.9. The molecular formula is C19H20BrFN2O. The van der Waals surface area contributed by atoms with E-state index in [2.05, 4.69) is 50.4 Å². The Bertz CT molecular complexity index is 680. The Kier molecular flexibility index (Phi) is 5.63. The van der Waals surface area contributed by atoms with E-state index in [1.807, 2.05) is 0 Å². The molecule has 1 heterocycles. The molecular weight excluding hydrogens is 371 g/mol. The van der Waals surface area contributed by atoms with Crippen molar-refractivity contribution in [2.24, 2.45) is 5.92 Å². The van der Waals surface area contributed by atoms with Crippen molar-refractivity contribution in [2.45, 2.75) is 19.4 Å². The molecule has 0 aromatic heterocycles. The number of rotatable bonds is 4. The number of amides is 1. The Balaban J connectivity index is 1.48. The molecule has 0 aliphatic carbocycles. The first-order valence-corrected chi connectivity index (χ1v) is 8.93. The molecule has 0 saturated carbocycles. The maximum absolute atomic E-state index is 12.9. The molecule has 0 unspecified atom stereocenters. The van der Waals surface area contributed by atoms with Crippen LogP contribution in [0.4, 0.5) is 10.1 Å². The summed E-state index contributed by atoms with van der Waals surface area (Å²) < 4.78 is 14.0. The van der Waals surface area contributed by atoms with Crippen LogP contribution in [0.15, 0.2) is 53.0 Å². The molecule has 1 aliphatic rings. The van der Waals surface area contributed by atoms with Gasteiger partial charge in [0.15, 0.2) is 0 Å². The molecule has 2 aromatic rings. The van der Waals surface area contributed by atoms with Gasteiger partial charge in [-0.05, 0) is 67.9 Å². The minimum absolute atomic E-state index is 0.0243. The summed E-state index contributed by atoms with van der Waals surface area (Å²) in [4.78, 5) is 14.7. The number of hydrogen-bond donors (Lipinski definition) is 1. The van der Waals surface area contributed by atoms with Gasteiger partial charge in [-0.15, -0.1) is 0 Å². The number of carbonyl (C=O) groups excluding carboxylic acids is 1. The van der Waals surface area contributed by atoms with Crippen LogP contribution in [0.5, 0.6) is 0 Å². The monoisotopic (exact) mass is 390 g/mol. The molecule has 2 aromatic carbocycles. The quantitative estimate of drug-likeness (QED) is 0.836. The summed E-state index contributed by atoms with van der Waals surface area (Å²) >= 11 is 3.45. The summed E-state index contributed by atoms with van der Waals surface area (Å²) in [5.74, 6) is -0.240. The highest BCUT2D eigenvalue weighted by atomic mass is 79.9. The normalized spacial score (nSPS) is 16.1. The standard InChI is InChI=1S/C19H20BrFN2O/c20-16-3-1-14(2-4-16)13-23-11-9-15(10-12-23)19(24)22-18-7-5-17(21)6-8-18/h1-8,15H,9-13H2,(H,22,24). The number of likely N-dealkylation sites (tertiary alicyclic amines) is 1. The lowest BCUT2D eigenvalue weighted by Crippen LogP contribution is -2.37. The number of benzene rings is 2. The van der Waals surface area contributed by atoms with E-state index in [-0.39, 0.29) is 17.6 Å². The van der Waals surface area contributed by atoms with Crippen LogP contribution < -0.4 is 5.32 Å². The highest BCUT2D eigenvalue weighted by Crippen LogP contribution is 2.21. The van der Waals surface area contributed by atoms with Crippen molar-refractivity contribution >= 4 is 27.5 Å². The van der Waals surface area contributed by atoms with Crippen molar-refractivity contribution in [3.63, 3.8) is 0 Å². The van der Waals surface area contributed by atoms with Crippen LogP contribution in [-0.2, 0) is 11.3 Å². The minimum atomic E-state index is -0.297. The predicted octanol–water partition coefficient (Wildman–Crippen LogP) is 4.44. The molecule has 3 nitrogen and oxygen atoms in total. The van der Waals surface area contributed by atoms with E-state index >= 15 is 0 Å². The summed E-state index contributed by atoms with van der Waals surface area (Å²) in [6, 6.07) is 14.3. The zero-order valence-electron chi connectivity index (χ0n) is 13.3. The number of carbonyl (C=O) groups is 1. The second-order valence-corrected chi connectivity index (χ2v) is 7.09. The first kappa shape index (κ1) is 17.1. The molecule has 1 amide bonds. The molecule has 1 saturated heterocycles. The molecule has 3 rings (SSSR count). The van der Waals surface area contributed by atoms with E-state index in [0.717, 1.165) is 36.9 Å². The van der Waals surface area contributed by atoms with Gasteiger partial charge in [0.05, 0.1) is 0 Å². The number of piperidine rings is 1. The lowest BCUT2D eigenvalue weighted by Gasteiger charge is -2.31. The average Bonchev–Trinajstić information content (AvgIpc) is 2.59. The lowest BCUT2D eigenvalue weighted by atomic mass is 9.95. The van der Waals surface area contributed by atoms with Crippen molar-refractivity contribution in [1.29, 1.82) is 0 Å².